The quantitative estimate of drug-likeness (QED) is 0.367. The zero-order chi connectivity index (χ0) is 20.9. The Hall–Kier alpha value is -2.87. The Morgan fingerprint density at radius 2 is 2.03 bits per heavy atom. The molecule has 1 aliphatic rings. The van der Waals surface area contributed by atoms with Crippen molar-refractivity contribution in [2.75, 3.05) is 18.8 Å². The topological polar surface area (TPSA) is 81.9 Å². The fourth-order valence-electron chi connectivity index (χ4n) is 4.40. The van der Waals surface area contributed by atoms with Gasteiger partial charge in [0.25, 0.3) is 0 Å². The van der Waals surface area contributed by atoms with E-state index in [1.807, 2.05) is 18.3 Å². The molecule has 0 aliphatic carbocycles. The minimum Gasteiger partial charge on any atom is -0.450 e. The number of benzene rings is 1. The largest absolute Gasteiger partial charge is 0.450 e. The van der Waals surface area contributed by atoms with Crippen molar-refractivity contribution >= 4 is 49.8 Å². The van der Waals surface area contributed by atoms with Crippen LogP contribution >= 0.6 is 22.9 Å². The van der Waals surface area contributed by atoms with E-state index in [4.69, 9.17) is 21.8 Å². The molecule has 1 aliphatic heterocycles. The van der Waals surface area contributed by atoms with Gasteiger partial charge in [-0.2, -0.15) is 5.10 Å². The molecule has 1 aromatic carbocycles. The smallest absolute Gasteiger partial charge is 0.179 e. The monoisotopic (exact) mass is 449 g/mol. The maximum atomic E-state index is 6.93. The van der Waals surface area contributed by atoms with Gasteiger partial charge >= 0.3 is 0 Å². The summed E-state index contributed by atoms with van der Waals surface area (Å²) in [5.74, 6) is 0.951. The van der Waals surface area contributed by atoms with Crippen molar-refractivity contribution < 1.29 is 4.42 Å². The fourth-order valence-corrected chi connectivity index (χ4v) is 5.64. The molecule has 0 unspecified atom stereocenters. The number of rotatable bonds is 3. The highest BCUT2D eigenvalue weighted by Crippen LogP contribution is 2.45. The first-order valence-electron chi connectivity index (χ1n) is 10.3. The Labute approximate surface area is 187 Å². The van der Waals surface area contributed by atoms with E-state index < -0.39 is 0 Å². The number of hydrogen-bond acceptors (Lipinski definition) is 6. The average molecular weight is 450 g/mol. The van der Waals surface area contributed by atoms with Crippen molar-refractivity contribution in [1.29, 1.82) is 0 Å². The van der Waals surface area contributed by atoms with Crippen LogP contribution in [0.1, 0.15) is 18.9 Å². The minimum absolute atomic E-state index is 0.330. The Morgan fingerprint density at radius 1 is 1.16 bits per heavy atom. The average Bonchev–Trinajstić information content (AvgIpc) is 3.54. The summed E-state index contributed by atoms with van der Waals surface area (Å²) in [7, 11) is 0. The summed E-state index contributed by atoms with van der Waals surface area (Å²) in [6, 6.07) is 8.62. The maximum Gasteiger partial charge on any atom is 0.179 e. The molecule has 0 amide bonds. The predicted molar refractivity (Wildman–Crippen MR) is 127 cm³/mol. The normalized spacial score (nSPS) is 15.3. The van der Waals surface area contributed by atoms with Crippen molar-refractivity contribution in [3.8, 4) is 22.5 Å². The Balaban J connectivity index is 1.52. The first kappa shape index (κ1) is 18.9. The maximum absolute atomic E-state index is 6.93. The first-order valence-corrected chi connectivity index (χ1v) is 11.5. The summed E-state index contributed by atoms with van der Waals surface area (Å²) in [5, 5.41) is 12.6. The van der Waals surface area contributed by atoms with Gasteiger partial charge in [0.05, 0.1) is 22.6 Å². The predicted octanol–water partition coefficient (Wildman–Crippen LogP) is 5.73. The molecule has 31 heavy (non-hydrogen) atoms. The molecular weight excluding hydrogens is 430 g/mol. The SMILES string of the molecule is Nc1ncc(-c2cnn(C3CCNCC3)c2)c2c(Cl)c(-c3cccc4ccsc34)oc12. The van der Waals surface area contributed by atoms with Gasteiger partial charge < -0.3 is 15.5 Å². The van der Waals surface area contributed by atoms with Crippen molar-refractivity contribution in [2.24, 2.45) is 0 Å². The third kappa shape index (κ3) is 3.04. The summed E-state index contributed by atoms with van der Waals surface area (Å²) < 4.78 is 9.42. The highest BCUT2D eigenvalue weighted by Gasteiger charge is 2.23. The van der Waals surface area contributed by atoms with Crippen molar-refractivity contribution in [3.63, 3.8) is 0 Å². The van der Waals surface area contributed by atoms with Gasteiger partial charge in [0.1, 0.15) is 0 Å². The number of halogens is 1. The fraction of sp³-hybridized carbons (Fsp3) is 0.217. The van der Waals surface area contributed by atoms with E-state index >= 15 is 0 Å². The highest BCUT2D eigenvalue weighted by molar-refractivity contribution is 7.17. The Morgan fingerprint density at radius 3 is 2.90 bits per heavy atom. The lowest BCUT2D eigenvalue weighted by atomic mass is 10.1. The summed E-state index contributed by atoms with van der Waals surface area (Å²) in [4.78, 5) is 4.39. The van der Waals surface area contributed by atoms with Crippen LogP contribution in [0.4, 0.5) is 5.82 Å². The number of nitrogens with zero attached hydrogens (tertiary/aromatic N) is 3. The molecule has 0 atom stereocenters. The molecule has 3 N–H and O–H groups in total. The number of hydrogen-bond donors (Lipinski definition) is 2. The molecular formula is C23H20ClN5OS. The number of furan rings is 1. The van der Waals surface area contributed by atoms with Crippen molar-refractivity contribution in [3.05, 3.63) is 53.3 Å². The molecule has 1 saturated heterocycles. The lowest BCUT2D eigenvalue weighted by molar-refractivity contribution is 0.343. The number of piperidine rings is 1. The Kier molecular flexibility index (Phi) is 4.49. The van der Waals surface area contributed by atoms with Crippen LogP contribution in [0.2, 0.25) is 5.02 Å². The van der Waals surface area contributed by atoms with Gasteiger partial charge in [-0.1, -0.05) is 23.7 Å². The minimum atomic E-state index is 0.330. The van der Waals surface area contributed by atoms with Crippen LogP contribution < -0.4 is 11.1 Å². The number of fused-ring (bicyclic) bond motifs is 2. The summed E-state index contributed by atoms with van der Waals surface area (Å²) in [6.45, 7) is 2.03. The van der Waals surface area contributed by atoms with Crippen molar-refractivity contribution in [2.45, 2.75) is 18.9 Å². The van der Waals surface area contributed by atoms with E-state index in [9.17, 15) is 0 Å². The molecule has 5 heterocycles. The van der Waals surface area contributed by atoms with Gasteiger partial charge in [-0.3, -0.25) is 4.68 Å². The third-order valence-electron chi connectivity index (χ3n) is 6.00. The van der Waals surface area contributed by atoms with Crippen LogP contribution in [-0.4, -0.2) is 27.9 Å². The molecule has 6 rings (SSSR count). The molecule has 5 aromatic rings. The van der Waals surface area contributed by atoms with Gasteiger partial charge in [0.15, 0.2) is 17.2 Å². The number of nitrogen functional groups attached to an aromatic ring is 1. The second-order valence-electron chi connectivity index (χ2n) is 7.84. The van der Waals surface area contributed by atoms with Crippen LogP contribution in [0, 0.1) is 0 Å². The molecule has 1 fully saturated rings. The summed E-state index contributed by atoms with van der Waals surface area (Å²) in [5.41, 5.74) is 9.50. The van der Waals surface area contributed by atoms with E-state index in [2.05, 4.69) is 43.8 Å². The van der Waals surface area contributed by atoms with Gasteiger partial charge in [-0.25, -0.2) is 4.98 Å². The van der Waals surface area contributed by atoms with Gasteiger partial charge in [-0.05, 0) is 48.8 Å². The van der Waals surface area contributed by atoms with E-state index in [0.717, 1.165) is 58.1 Å². The number of pyridine rings is 1. The molecule has 156 valence electrons. The molecule has 0 radical (unpaired) electrons. The third-order valence-corrected chi connectivity index (χ3v) is 7.33. The number of anilines is 1. The van der Waals surface area contributed by atoms with Crippen LogP contribution in [0.3, 0.4) is 0 Å². The lowest BCUT2D eigenvalue weighted by Crippen LogP contribution is -2.29. The molecule has 0 saturated carbocycles. The summed E-state index contributed by atoms with van der Waals surface area (Å²) >= 11 is 8.60. The molecule has 8 heteroatoms. The standard InChI is InChI=1S/C23H20ClN5OS/c24-19-18-17(14-10-28-29(12-14)15-4-7-26-8-5-15)11-27-23(25)21(18)30-20(19)16-3-1-2-13-6-9-31-22(13)16/h1-3,6,9-12,15,26H,4-5,7-8H2,(H2,25,27). The second kappa shape index (κ2) is 7.37. The zero-order valence-corrected chi connectivity index (χ0v) is 18.2. The van der Waals surface area contributed by atoms with Crippen LogP contribution in [0.25, 0.3) is 43.5 Å². The molecule has 4 aromatic heterocycles. The molecule has 0 spiro atoms. The van der Waals surface area contributed by atoms with Gasteiger partial charge in [-0.15, -0.1) is 11.3 Å². The van der Waals surface area contributed by atoms with E-state index in [-0.39, 0.29) is 0 Å². The van der Waals surface area contributed by atoms with Crippen LogP contribution in [0.5, 0.6) is 0 Å². The Bertz CT molecular complexity index is 1410. The lowest BCUT2D eigenvalue weighted by Gasteiger charge is -2.22. The number of nitrogens with one attached hydrogen (secondary N) is 1. The van der Waals surface area contributed by atoms with E-state index in [1.54, 1.807) is 17.5 Å². The van der Waals surface area contributed by atoms with Gasteiger partial charge in [0, 0.05) is 33.8 Å². The number of aromatic nitrogens is 3. The van der Waals surface area contributed by atoms with E-state index in [1.165, 1.54) is 0 Å². The number of thiophene rings is 1. The van der Waals surface area contributed by atoms with Crippen LogP contribution in [-0.2, 0) is 0 Å². The van der Waals surface area contributed by atoms with Gasteiger partial charge in [0.2, 0.25) is 0 Å². The zero-order valence-electron chi connectivity index (χ0n) is 16.6. The molecule has 0 bridgehead atoms. The van der Waals surface area contributed by atoms with Crippen molar-refractivity contribution in [1.82, 2.24) is 20.1 Å². The van der Waals surface area contributed by atoms with E-state index in [0.29, 0.717) is 28.2 Å². The highest BCUT2D eigenvalue weighted by atomic mass is 35.5. The second-order valence-corrected chi connectivity index (χ2v) is 9.14. The first-order chi connectivity index (χ1) is 15.2. The van der Waals surface area contributed by atoms with Crippen LogP contribution in [0.15, 0.2) is 52.7 Å². The summed E-state index contributed by atoms with van der Waals surface area (Å²) in [6.07, 6.45) is 7.84. The molecule has 6 nitrogen and oxygen atoms in total. The number of nitrogens with two attached hydrogens (primary N) is 1.